The topological polar surface area (TPSA) is 197 Å². The summed E-state index contributed by atoms with van der Waals surface area (Å²) in [7, 11) is 1.39. The molecular formula is C28H38N6O6S. The molecule has 0 saturated heterocycles. The first-order valence-corrected chi connectivity index (χ1v) is 14.4. The lowest BCUT2D eigenvalue weighted by molar-refractivity contribution is -0.136. The van der Waals surface area contributed by atoms with Crippen LogP contribution in [-0.4, -0.2) is 89.8 Å². The molecule has 0 heterocycles. The van der Waals surface area contributed by atoms with Crippen LogP contribution in [0.1, 0.15) is 17.5 Å². The van der Waals surface area contributed by atoms with Gasteiger partial charge < -0.3 is 37.4 Å². The lowest BCUT2D eigenvalue weighted by Crippen LogP contribution is -2.55. The third-order valence-electron chi connectivity index (χ3n) is 6.15. The number of carbonyl (C=O) groups is 5. The van der Waals surface area contributed by atoms with E-state index < -0.39 is 47.7 Å². The third-order valence-corrected chi connectivity index (χ3v) is 6.80. The summed E-state index contributed by atoms with van der Waals surface area (Å²) in [5.74, 6) is -2.24. The van der Waals surface area contributed by atoms with Gasteiger partial charge in [0.1, 0.15) is 17.8 Å². The summed E-state index contributed by atoms with van der Waals surface area (Å²) in [6, 6.07) is 12.4. The number of benzene rings is 2. The summed E-state index contributed by atoms with van der Waals surface area (Å²) in [4.78, 5) is 63.8. The molecule has 0 aliphatic rings. The number of phenolic OH excluding ortho intramolecular Hbond substituents is 1. The molecule has 0 fully saturated rings. The zero-order chi connectivity index (χ0) is 30.4. The first-order valence-electron chi connectivity index (χ1n) is 13.0. The van der Waals surface area contributed by atoms with Gasteiger partial charge in [0.25, 0.3) is 0 Å². The van der Waals surface area contributed by atoms with Gasteiger partial charge in [-0.1, -0.05) is 42.5 Å². The van der Waals surface area contributed by atoms with Gasteiger partial charge in [-0.15, -0.1) is 0 Å². The quantitative estimate of drug-likeness (QED) is 0.148. The minimum absolute atomic E-state index is 0.0949. The normalized spacial score (nSPS) is 12.9. The molecule has 0 spiro atoms. The van der Waals surface area contributed by atoms with Gasteiger partial charge in [0.2, 0.25) is 29.5 Å². The molecule has 0 aliphatic heterocycles. The molecule has 13 heteroatoms. The molecule has 3 atom stereocenters. The van der Waals surface area contributed by atoms with Crippen molar-refractivity contribution in [2.45, 2.75) is 37.4 Å². The van der Waals surface area contributed by atoms with Crippen molar-refractivity contribution in [2.24, 2.45) is 11.5 Å². The Bertz CT molecular complexity index is 1180. The second kappa shape index (κ2) is 16.9. The number of nitrogens with two attached hydrogens (primary N) is 2. The molecule has 5 amide bonds. The second-order valence-electron chi connectivity index (χ2n) is 9.50. The van der Waals surface area contributed by atoms with Crippen LogP contribution in [0.4, 0.5) is 0 Å². The maximum absolute atomic E-state index is 13.1. The average molecular weight is 587 g/mol. The van der Waals surface area contributed by atoms with Crippen LogP contribution in [0, 0.1) is 0 Å². The van der Waals surface area contributed by atoms with Crippen molar-refractivity contribution in [3.8, 4) is 5.75 Å². The van der Waals surface area contributed by atoms with E-state index in [2.05, 4.69) is 16.0 Å². The minimum Gasteiger partial charge on any atom is -0.508 e. The van der Waals surface area contributed by atoms with Crippen LogP contribution in [-0.2, 0) is 36.8 Å². The maximum Gasteiger partial charge on any atom is 0.243 e. The van der Waals surface area contributed by atoms with Gasteiger partial charge in [0.15, 0.2) is 0 Å². The molecule has 0 aromatic heterocycles. The predicted molar refractivity (Wildman–Crippen MR) is 157 cm³/mol. The van der Waals surface area contributed by atoms with Gasteiger partial charge in [0, 0.05) is 13.5 Å². The van der Waals surface area contributed by atoms with E-state index in [-0.39, 0.29) is 31.7 Å². The number of thioether (sulfide) groups is 1. The molecule has 12 nitrogen and oxygen atoms in total. The van der Waals surface area contributed by atoms with E-state index in [0.29, 0.717) is 12.2 Å². The lowest BCUT2D eigenvalue weighted by atomic mass is 10.0. The molecule has 2 aromatic rings. The highest BCUT2D eigenvalue weighted by Gasteiger charge is 2.27. The Kier molecular flexibility index (Phi) is 13.6. The first kappa shape index (κ1) is 33.1. The van der Waals surface area contributed by atoms with Crippen LogP contribution in [0.15, 0.2) is 54.6 Å². The second-order valence-corrected chi connectivity index (χ2v) is 10.5. The van der Waals surface area contributed by atoms with Gasteiger partial charge in [-0.05, 0) is 48.1 Å². The Morgan fingerprint density at radius 1 is 0.902 bits per heavy atom. The maximum atomic E-state index is 13.1. The van der Waals surface area contributed by atoms with Crippen molar-refractivity contribution in [1.29, 1.82) is 0 Å². The van der Waals surface area contributed by atoms with Crippen molar-refractivity contribution in [3.63, 3.8) is 0 Å². The van der Waals surface area contributed by atoms with Gasteiger partial charge in [-0.25, -0.2) is 0 Å². The highest BCUT2D eigenvalue weighted by molar-refractivity contribution is 7.98. The molecule has 0 aliphatic carbocycles. The van der Waals surface area contributed by atoms with E-state index in [9.17, 15) is 29.1 Å². The highest BCUT2D eigenvalue weighted by Crippen LogP contribution is 2.11. The van der Waals surface area contributed by atoms with E-state index in [4.69, 9.17) is 11.5 Å². The van der Waals surface area contributed by atoms with Gasteiger partial charge in [-0.2, -0.15) is 11.8 Å². The van der Waals surface area contributed by atoms with E-state index in [1.165, 1.54) is 30.9 Å². The molecule has 2 rings (SSSR count). The Morgan fingerprint density at radius 2 is 1.54 bits per heavy atom. The number of nitrogens with one attached hydrogen (secondary N) is 3. The zero-order valence-electron chi connectivity index (χ0n) is 23.2. The van der Waals surface area contributed by atoms with Crippen LogP contribution < -0.4 is 27.4 Å². The Hall–Kier alpha value is -4.10. The van der Waals surface area contributed by atoms with Crippen LogP contribution >= 0.6 is 11.8 Å². The monoisotopic (exact) mass is 586 g/mol. The number of hydrogen-bond donors (Lipinski definition) is 6. The van der Waals surface area contributed by atoms with Crippen LogP contribution in [0.2, 0.25) is 0 Å². The number of aromatic hydroxyl groups is 1. The summed E-state index contributed by atoms with van der Waals surface area (Å²) in [5, 5.41) is 17.1. The minimum atomic E-state index is -1.03. The van der Waals surface area contributed by atoms with Crippen molar-refractivity contribution in [1.82, 2.24) is 20.9 Å². The third kappa shape index (κ3) is 11.9. The van der Waals surface area contributed by atoms with Crippen molar-refractivity contribution in [3.05, 3.63) is 65.7 Å². The van der Waals surface area contributed by atoms with Crippen molar-refractivity contribution >= 4 is 41.3 Å². The summed E-state index contributed by atoms with van der Waals surface area (Å²) >= 11 is 1.51. The van der Waals surface area contributed by atoms with Gasteiger partial charge in [0.05, 0.1) is 19.1 Å². The smallest absolute Gasteiger partial charge is 0.243 e. The number of amides is 5. The molecule has 2 aromatic carbocycles. The lowest BCUT2D eigenvalue weighted by Gasteiger charge is -2.23. The number of likely N-dealkylation sites (N-methyl/N-ethyl adjacent to an activating group) is 1. The first-order chi connectivity index (χ1) is 19.5. The number of carbonyl (C=O) groups excluding carboxylic acids is 5. The van der Waals surface area contributed by atoms with Crippen LogP contribution in [0.25, 0.3) is 0 Å². The van der Waals surface area contributed by atoms with Gasteiger partial charge >= 0.3 is 0 Å². The number of rotatable bonds is 16. The molecular weight excluding hydrogens is 548 g/mol. The van der Waals surface area contributed by atoms with Crippen LogP contribution in [0.3, 0.4) is 0 Å². The van der Waals surface area contributed by atoms with Gasteiger partial charge in [-0.3, -0.25) is 24.0 Å². The molecule has 0 bridgehead atoms. The average Bonchev–Trinajstić information content (AvgIpc) is 2.94. The summed E-state index contributed by atoms with van der Waals surface area (Å²) in [5.41, 5.74) is 12.9. The number of hydrogen-bond acceptors (Lipinski definition) is 8. The summed E-state index contributed by atoms with van der Waals surface area (Å²) in [6.07, 6.45) is 2.57. The molecule has 41 heavy (non-hydrogen) atoms. The van der Waals surface area contributed by atoms with Crippen molar-refractivity contribution < 1.29 is 29.1 Å². The predicted octanol–water partition coefficient (Wildman–Crippen LogP) is -0.713. The molecule has 0 radical (unpaired) electrons. The summed E-state index contributed by atoms with van der Waals surface area (Å²) < 4.78 is 0. The largest absolute Gasteiger partial charge is 0.508 e. The number of phenols is 1. The number of nitrogens with zero attached hydrogens (tertiary/aromatic N) is 1. The summed E-state index contributed by atoms with van der Waals surface area (Å²) in [6.45, 7) is -0.756. The van der Waals surface area contributed by atoms with E-state index in [0.717, 1.165) is 16.0 Å². The van der Waals surface area contributed by atoms with E-state index >= 15 is 0 Å². The highest BCUT2D eigenvalue weighted by atomic mass is 32.2. The van der Waals surface area contributed by atoms with Crippen molar-refractivity contribution in [2.75, 3.05) is 32.1 Å². The fourth-order valence-electron chi connectivity index (χ4n) is 3.80. The zero-order valence-corrected chi connectivity index (χ0v) is 24.0. The SMILES string of the molecule is CSCCC(NC(=O)C(Cc1ccccc1)NC(=O)CN(C)C(=O)CNC(=O)C(N)Cc1ccc(O)cc1)C(N)=O. The Morgan fingerprint density at radius 3 is 2.15 bits per heavy atom. The fourth-order valence-corrected chi connectivity index (χ4v) is 4.28. The van der Waals surface area contributed by atoms with Crippen LogP contribution in [0.5, 0.6) is 5.75 Å². The molecule has 3 unspecified atom stereocenters. The molecule has 0 saturated carbocycles. The Balaban J connectivity index is 1.94. The standard InChI is InChI=1S/C28H38N6O6S/c1-34(25(37)16-31-27(39)21(29)14-19-8-10-20(35)11-9-19)17-24(36)32-23(15-18-6-4-3-5-7-18)28(40)33-22(26(30)38)12-13-41-2/h3-11,21-23,35H,12-17,29H2,1-2H3,(H2,30,38)(H,31,39)(H,32,36)(H,33,40). The van der Waals surface area contributed by atoms with E-state index in [1.54, 1.807) is 36.4 Å². The molecule has 8 N–H and O–H groups in total. The number of primary amides is 1. The van der Waals surface area contributed by atoms with E-state index in [1.807, 2.05) is 12.3 Å². The Labute approximate surface area is 243 Å². The molecule has 222 valence electrons. The fraction of sp³-hybridized carbons (Fsp3) is 0.393.